The van der Waals surface area contributed by atoms with Crippen molar-refractivity contribution >= 4 is 17.7 Å². The van der Waals surface area contributed by atoms with Crippen LogP contribution in [0.2, 0.25) is 5.02 Å². The molecule has 7 heteroatoms. The van der Waals surface area contributed by atoms with E-state index in [1.165, 1.54) is 0 Å². The Balaban J connectivity index is 1.66. The molecule has 1 amide bonds. The van der Waals surface area contributed by atoms with Gasteiger partial charge in [-0.05, 0) is 17.7 Å². The number of nitrogens with one attached hydrogen (secondary N) is 1. The Morgan fingerprint density at radius 2 is 2.22 bits per heavy atom. The summed E-state index contributed by atoms with van der Waals surface area (Å²) in [6, 6.07) is 7.49. The Morgan fingerprint density at radius 3 is 3.00 bits per heavy atom. The van der Waals surface area contributed by atoms with Crippen LogP contribution in [0.1, 0.15) is 11.1 Å². The Morgan fingerprint density at radius 1 is 1.35 bits per heavy atom. The number of alkyl carbamates (subject to hydrolysis) is 1. The van der Waals surface area contributed by atoms with Crippen LogP contribution in [0.5, 0.6) is 0 Å². The van der Waals surface area contributed by atoms with Crippen LogP contribution in [-0.2, 0) is 29.0 Å². The van der Waals surface area contributed by atoms with Crippen LogP contribution in [0.15, 0.2) is 36.7 Å². The van der Waals surface area contributed by atoms with Crippen molar-refractivity contribution in [3.05, 3.63) is 52.8 Å². The molecule has 23 heavy (non-hydrogen) atoms. The highest BCUT2D eigenvalue weighted by Gasteiger charge is 2.04. The highest BCUT2D eigenvalue weighted by atomic mass is 35.5. The molecule has 0 aliphatic heterocycles. The van der Waals surface area contributed by atoms with Gasteiger partial charge in [-0.2, -0.15) is 5.10 Å². The van der Waals surface area contributed by atoms with Gasteiger partial charge in [0.05, 0.1) is 26.0 Å². The second-order valence-electron chi connectivity index (χ2n) is 4.97. The molecule has 0 unspecified atom stereocenters. The fourth-order valence-corrected chi connectivity index (χ4v) is 2.20. The van der Waals surface area contributed by atoms with Crippen molar-refractivity contribution in [1.82, 2.24) is 15.1 Å². The number of amides is 1. The molecule has 124 valence electrons. The van der Waals surface area contributed by atoms with Crippen LogP contribution in [0.25, 0.3) is 0 Å². The van der Waals surface area contributed by atoms with Gasteiger partial charge in [0.2, 0.25) is 0 Å². The molecule has 0 bridgehead atoms. The molecule has 1 N–H and O–H groups in total. The third-order valence-electron chi connectivity index (χ3n) is 3.16. The van der Waals surface area contributed by atoms with Crippen molar-refractivity contribution in [2.75, 3.05) is 20.3 Å². The van der Waals surface area contributed by atoms with Gasteiger partial charge < -0.3 is 14.8 Å². The molecule has 0 atom stereocenters. The van der Waals surface area contributed by atoms with Crippen molar-refractivity contribution in [3.8, 4) is 0 Å². The van der Waals surface area contributed by atoms with E-state index in [-0.39, 0.29) is 0 Å². The van der Waals surface area contributed by atoms with Gasteiger partial charge in [-0.3, -0.25) is 4.68 Å². The van der Waals surface area contributed by atoms with Crippen LogP contribution in [0.4, 0.5) is 4.79 Å². The number of benzene rings is 1. The maximum absolute atomic E-state index is 11.6. The van der Waals surface area contributed by atoms with E-state index in [2.05, 4.69) is 10.4 Å². The molecular formula is C16H20ClN3O3. The van der Waals surface area contributed by atoms with E-state index in [4.69, 9.17) is 21.1 Å². The average molecular weight is 338 g/mol. The van der Waals surface area contributed by atoms with Gasteiger partial charge in [0.1, 0.15) is 0 Å². The fourth-order valence-electron chi connectivity index (χ4n) is 1.98. The number of methoxy groups -OCH3 is 1. The molecule has 2 rings (SSSR count). The lowest BCUT2D eigenvalue weighted by atomic mass is 10.2. The molecule has 0 aliphatic rings. The van der Waals surface area contributed by atoms with Crippen LogP contribution < -0.4 is 5.32 Å². The van der Waals surface area contributed by atoms with Crippen molar-refractivity contribution in [2.45, 2.75) is 19.5 Å². The first-order valence-electron chi connectivity index (χ1n) is 7.32. The van der Waals surface area contributed by atoms with E-state index < -0.39 is 6.09 Å². The third-order valence-corrected chi connectivity index (χ3v) is 3.40. The van der Waals surface area contributed by atoms with E-state index in [1.54, 1.807) is 18.0 Å². The smallest absolute Gasteiger partial charge is 0.407 e. The van der Waals surface area contributed by atoms with Crippen LogP contribution >= 0.6 is 11.6 Å². The van der Waals surface area contributed by atoms with Gasteiger partial charge >= 0.3 is 6.09 Å². The predicted octanol–water partition coefficient (Wildman–Crippen LogP) is 2.65. The SMILES string of the molecule is COCCn1cc(CNC(=O)OCCc2cccc(Cl)c2)cn1. The second-order valence-corrected chi connectivity index (χ2v) is 5.41. The van der Waals surface area contributed by atoms with Gasteiger partial charge in [0, 0.05) is 36.9 Å². The maximum Gasteiger partial charge on any atom is 0.407 e. The van der Waals surface area contributed by atoms with E-state index in [0.717, 1.165) is 11.1 Å². The number of hydrogen-bond donors (Lipinski definition) is 1. The Hall–Kier alpha value is -2.05. The first-order valence-corrected chi connectivity index (χ1v) is 7.70. The minimum Gasteiger partial charge on any atom is -0.449 e. The highest BCUT2D eigenvalue weighted by Crippen LogP contribution is 2.11. The monoisotopic (exact) mass is 337 g/mol. The average Bonchev–Trinajstić information content (AvgIpc) is 2.99. The summed E-state index contributed by atoms with van der Waals surface area (Å²) < 4.78 is 11.9. The summed E-state index contributed by atoms with van der Waals surface area (Å²) in [5.74, 6) is 0. The summed E-state index contributed by atoms with van der Waals surface area (Å²) >= 11 is 5.90. The molecule has 0 saturated carbocycles. The quantitative estimate of drug-likeness (QED) is 0.804. The number of aromatic nitrogens is 2. The number of rotatable bonds is 8. The van der Waals surface area contributed by atoms with Gasteiger partial charge in [-0.25, -0.2) is 4.79 Å². The largest absolute Gasteiger partial charge is 0.449 e. The third kappa shape index (κ3) is 6.30. The second kappa shape index (κ2) is 9.17. The lowest BCUT2D eigenvalue weighted by molar-refractivity contribution is 0.147. The summed E-state index contributed by atoms with van der Waals surface area (Å²) in [6.45, 7) is 1.96. The number of ether oxygens (including phenoxy) is 2. The molecule has 2 aromatic rings. The lowest BCUT2D eigenvalue weighted by Gasteiger charge is -2.06. The summed E-state index contributed by atoms with van der Waals surface area (Å²) in [7, 11) is 1.64. The molecule has 0 saturated heterocycles. The first-order chi connectivity index (χ1) is 11.2. The molecule has 1 aromatic heterocycles. The van der Waals surface area contributed by atoms with Gasteiger partial charge in [-0.15, -0.1) is 0 Å². The van der Waals surface area contributed by atoms with Gasteiger partial charge in [0.15, 0.2) is 0 Å². The molecule has 6 nitrogen and oxygen atoms in total. The van der Waals surface area contributed by atoms with E-state index in [9.17, 15) is 4.79 Å². The standard InChI is InChI=1S/C16H20ClN3O3/c1-22-8-6-20-12-14(11-19-20)10-18-16(21)23-7-5-13-3-2-4-15(17)9-13/h2-4,9,11-12H,5-8,10H2,1H3,(H,18,21). The number of carbonyl (C=O) groups is 1. The van der Waals surface area contributed by atoms with Crippen LogP contribution in [-0.4, -0.2) is 36.2 Å². The number of halogens is 1. The number of nitrogens with zero attached hydrogens (tertiary/aromatic N) is 2. The van der Waals surface area contributed by atoms with Crippen molar-refractivity contribution in [2.24, 2.45) is 0 Å². The summed E-state index contributed by atoms with van der Waals surface area (Å²) in [4.78, 5) is 11.6. The maximum atomic E-state index is 11.6. The highest BCUT2D eigenvalue weighted by molar-refractivity contribution is 6.30. The number of carbonyl (C=O) groups excluding carboxylic acids is 1. The summed E-state index contributed by atoms with van der Waals surface area (Å²) in [5.41, 5.74) is 1.94. The molecule has 0 spiro atoms. The zero-order chi connectivity index (χ0) is 16.5. The molecular weight excluding hydrogens is 318 g/mol. The zero-order valence-electron chi connectivity index (χ0n) is 13.0. The Labute approximate surface area is 140 Å². The predicted molar refractivity (Wildman–Crippen MR) is 87.4 cm³/mol. The summed E-state index contributed by atoms with van der Waals surface area (Å²) in [6.07, 6.45) is 3.76. The first kappa shape index (κ1) is 17.3. The lowest BCUT2D eigenvalue weighted by Crippen LogP contribution is -2.24. The minimum absolute atomic E-state index is 0.305. The topological polar surface area (TPSA) is 65.4 Å². The van der Waals surface area contributed by atoms with Gasteiger partial charge in [0.25, 0.3) is 0 Å². The molecule has 0 radical (unpaired) electrons. The van der Waals surface area contributed by atoms with Crippen molar-refractivity contribution in [3.63, 3.8) is 0 Å². The van der Waals surface area contributed by atoms with Crippen LogP contribution in [0, 0.1) is 0 Å². The molecule has 1 aromatic carbocycles. The van der Waals surface area contributed by atoms with E-state index in [0.29, 0.717) is 37.7 Å². The Bertz CT molecular complexity index is 631. The normalized spacial score (nSPS) is 10.5. The van der Waals surface area contributed by atoms with Crippen LogP contribution in [0.3, 0.4) is 0 Å². The van der Waals surface area contributed by atoms with Crippen molar-refractivity contribution in [1.29, 1.82) is 0 Å². The Kier molecular flexibility index (Phi) is 6.90. The van der Waals surface area contributed by atoms with Crippen molar-refractivity contribution < 1.29 is 14.3 Å². The van der Waals surface area contributed by atoms with E-state index in [1.807, 2.05) is 30.5 Å². The molecule has 1 heterocycles. The van der Waals surface area contributed by atoms with E-state index >= 15 is 0 Å². The molecule has 0 fully saturated rings. The number of hydrogen-bond acceptors (Lipinski definition) is 4. The minimum atomic E-state index is -0.448. The summed E-state index contributed by atoms with van der Waals surface area (Å²) in [5, 5.41) is 7.55. The van der Waals surface area contributed by atoms with Gasteiger partial charge in [-0.1, -0.05) is 23.7 Å². The fraction of sp³-hybridized carbons (Fsp3) is 0.375. The zero-order valence-corrected chi connectivity index (χ0v) is 13.8. The molecule has 0 aliphatic carbocycles.